The topological polar surface area (TPSA) is 54.0 Å². The smallest absolute Gasteiger partial charge is 0.253 e. The average Bonchev–Trinajstić information content (AvgIpc) is 2.94. The third-order valence-corrected chi connectivity index (χ3v) is 3.85. The summed E-state index contributed by atoms with van der Waals surface area (Å²) in [4.78, 5) is 16.3. The third kappa shape index (κ3) is 3.69. The average molecular weight is 261 g/mol. The van der Waals surface area contributed by atoms with Gasteiger partial charge in [-0.1, -0.05) is 12.8 Å². The number of aromatic nitrogens is 1. The van der Waals surface area contributed by atoms with Gasteiger partial charge in [-0.2, -0.15) is 0 Å². The molecule has 1 aromatic heterocycles. The molecule has 1 aliphatic carbocycles. The Morgan fingerprint density at radius 3 is 2.74 bits per heavy atom. The molecule has 104 valence electrons. The van der Waals surface area contributed by atoms with Crippen LogP contribution in [0.25, 0.3) is 0 Å². The molecule has 4 heteroatoms. The van der Waals surface area contributed by atoms with E-state index in [0.717, 1.165) is 12.4 Å². The van der Waals surface area contributed by atoms with Crippen LogP contribution in [0.5, 0.6) is 0 Å². The van der Waals surface area contributed by atoms with Gasteiger partial charge in [0.15, 0.2) is 0 Å². The molecule has 1 atom stereocenters. The highest BCUT2D eigenvalue weighted by molar-refractivity contribution is 5.94. The zero-order valence-electron chi connectivity index (χ0n) is 11.8. The van der Waals surface area contributed by atoms with Crippen molar-refractivity contribution in [1.82, 2.24) is 10.3 Å². The van der Waals surface area contributed by atoms with Gasteiger partial charge in [0.1, 0.15) is 5.82 Å². The van der Waals surface area contributed by atoms with Gasteiger partial charge in [0, 0.05) is 18.8 Å². The van der Waals surface area contributed by atoms with Crippen LogP contribution in [0.15, 0.2) is 18.3 Å². The van der Waals surface area contributed by atoms with Crippen LogP contribution in [-0.4, -0.2) is 23.5 Å². The summed E-state index contributed by atoms with van der Waals surface area (Å²) in [6.07, 6.45) is 6.69. The molecule has 1 unspecified atom stereocenters. The van der Waals surface area contributed by atoms with Gasteiger partial charge in [-0.15, -0.1) is 0 Å². The van der Waals surface area contributed by atoms with E-state index in [1.165, 1.54) is 25.7 Å². The Bertz CT molecular complexity index is 410. The van der Waals surface area contributed by atoms with Gasteiger partial charge in [-0.25, -0.2) is 4.98 Å². The highest BCUT2D eigenvalue weighted by Crippen LogP contribution is 2.27. The Morgan fingerprint density at radius 2 is 2.16 bits per heavy atom. The van der Waals surface area contributed by atoms with Gasteiger partial charge in [0.05, 0.1) is 5.56 Å². The van der Waals surface area contributed by atoms with Crippen LogP contribution in [0, 0.1) is 5.92 Å². The van der Waals surface area contributed by atoms with Crippen LogP contribution in [0.2, 0.25) is 0 Å². The van der Waals surface area contributed by atoms with E-state index in [1.807, 2.05) is 19.1 Å². The second-order valence-electron chi connectivity index (χ2n) is 5.27. The summed E-state index contributed by atoms with van der Waals surface area (Å²) in [7, 11) is 0. The lowest BCUT2D eigenvalue weighted by atomic mass is 9.99. The van der Waals surface area contributed by atoms with Crippen molar-refractivity contribution in [3.8, 4) is 0 Å². The molecule has 1 amide bonds. The molecule has 1 heterocycles. The number of pyridine rings is 1. The minimum atomic E-state index is -0.0186. The number of anilines is 1. The van der Waals surface area contributed by atoms with Crippen LogP contribution in [-0.2, 0) is 0 Å². The van der Waals surface area contributed by atoms with Gasteiger partial charge >= 0.3 is 0 Å². The minimum absolute atomic E-state index is 0.0186. The number of nitrogens with one attached hydrogen (secondary N) is 2. The molecule has 4 nitrogen and oxygen atoms in total. The number of hydrogen-bond acceptors (Lipinski definition) is 3. The largest absolute Gasteiger partial charge is 0.370 e. The summed E-state index contributed by atoms with van der Waals surface area (Å²) in [6.45, 7) is 4.96. The first kappa shape index (κ1) is 13.8. The molecule has 2 rings (SSSR count). The van der Waals surface area contributed by atoms with E-state index in [2.05, 4.69) is 22.5 Å². The van der Waals surface area contributed by atoms with Crippen molar-refractivity contribution in [2.45, 2.75) is 45.6 Å². The third-order valence-electron chi connectivity index (χ3n) is 3.85. The summed E-state index contributed by atoms with van der Waals surface area (Å²) < 4.78 is 0. The fourth-order valence-corrected chi connectivity index (χ4v) is 2.68. The molecule has 0 aromatic carbocycles. The van der Waals surface area contributed by atoms with Crippen LogP contribution in [0.4, 0.5) is 5.82 Å². The van der Waals surface area contributed by atoms with E-state index in [-0.39, 0.29) is 11.9 Å². The maximum Gasteiger partial charge on any atom is 0.253 e. The fourth-order valence-electron chi connectivity index (χ4n) is 2.68. The number of rotatable bonds is 5. The summed E-state index contributed by atoms with van der Waals surface area (Å²) >= 11 is 0. The van der Waals surface area contributed by atoms with Crippen molar-refractivity contribution in [1.29, 1.82) is 0 Å². The van der Waals surface area contributed by atoms with Gasteiger partial charge in [-0.3, -0.25) is 4.79 Å². The van der Waals surface area contributed by atoms with Crippen LogP contribution >= 0.6 is 0 Å². The molecule has 1 aliphatic rings. The number of amides is 1. The Hall–Kier alpha value is -1.58. The number of hydrogen-bond donors (Lipinski definition) is 2. The molecule has 0 aliphatic heterocycles. The predicted octanol–water partition coefficient (Wildman–Crippen LogP) is 2.82. The van der Waals surface area contributed by atoms with Crippen molar-refractivity contribution in [2.24, 2.45) is 5.92 Å². The normalized spacial score (nSPS) is 17.2. The van der Waals surface area contributed by atoms with Gasteiger partial charge in [0.2, 0.25) is 0 Å². The summed E-state index contributed by atoms with van der Waals surface area (Å²) in [5.41, 5.74) is 0.631. The zero-order chi connectivity index (χ0) is 13.7. The molecule has 0 radical (unpaired) electrons. The Labute approximate surface area is 115 Å². The predicted molar refractivity (Wildman–Crippen MR) is 77.3 cm³/mol. The van der Waals surface area contributed by atoms with Crippen molar-refractivity contribution < 1.29 is 4.79 Å². The fraction of sp³-hybridized carbons (Fsp3) is 0.600. The van der Waals surface area contributed by atoms with E-state index < -0.39 is 0 Å². The van der Waals surface area contributed by atoms with Crippen LogP contribution in [0.3, 0.4) is 0 Å². The first-order valence-electron chi connectivity index (χ1n) is 7.21. The number of carbonyl (C=O) groups excluding carboxylic acids is 1. The number of nitrogens with zero attached hydrogens (tertiary/aromatic N) is 1. The van der Waals surface area contributed by atoms with E-state index >= 15 is 0 Å². The molecule has 1 fully saturated rings. The van der Waals surface area contributed by atoms with Crippen molar-refractivity contribution in [2.75, 3.05) is 11.9 Å². The zero-order valence-corrected chi connectivity index (χ0v) is 11.8. The van der Waals surface area contributed by atoms with Crippen LogP contribution in [0.1, 0.15) is 49.9 Å². The standard InChI is InChI=1S/C15H23N3O/c1-3-16-14-9-8-13(10-17-14)15(19)18-11(2)12-6-4-5-7-12/h8-12H,3-7H2,1-2H3,(H,16,17)(H,18,19). The number of carbonyl (C=O) groups is 1. The Balaban J connectivity index is 1.91. The minimum Gasteiger partial charge on any atom is -0.370 e. The molecular weight excluding hydrogens is 238 g/mol. The molecule has 0 bridgehead atoms. The molecule has 0 spiro atoms. The molecule has 1 saturated carbocycles. The van der Waals surface area contributed by atoms with Crippen molar-refractivity contribution >= 4 is 11.7 Å². The second-order valence-corrected chi connectivity index (χ2v) is 5.27. The van der Waals surface area contributed by atoms with E-state index in [4.69, 9.17) is 0 Å². The highest BCUT2D eigenvalue weighted by Gasteiger charge is 2.23. The maximum atomic E-state index is 12.1. The van der Waals surface area contributed by atoms with E-state index in [9.17, 15) is 4.79 Å². The first-order chi connectivity index (χ1) is 9.20. The lowest BCUT2D eigenvalue weighted by molar-refractivity contribution is 0.0927. The molecular formula is C15H23N3O. The van der Waals surface area contributed by atoms with Crippen LogP contribution < -0.4 is 10.6 Å². The highest BCUT2D eigenvalue weighted by atomic mass is 16.1. The quantitative estimate of drug-likeness (QED) is 0.857. The second kappa shape index (κ2) is 6.55. The lowest BCUT2D eigenvalue weighted by Crippen LogP contribution is -2.37. The SMILES string of the molecule is CCNc1ccc(C(=O)NC(C)C2CCCC2)cn1. The molecule has 1 aromatic rings. The van der Waals surface area contributed by atoms with Crippen molar-refractivity contribution in [3.63, 3.8) is 0 Å². The lowest BCUT2D eigenvalue weighted by Gasteiger charge is -2.20. The van der Waals surface area contributed by atoms with E-state index in [0.29, 0.717) is 11.5 Å². The Kier molecular flexibility index (Phi) is 4.77. The van der Waals surface area contributed by atoms with E-state index in [1.54, 1.807) is 6.20 Å². The van der Waals surface area contributed by atoms with Crippen molar-refractivity contribution in [3.05, 3.63) is 23.9 Å². The molecule has 19 heavy (non-hydrogen) atoms. The summed E-state index contributed by atoms with van der Waals surface area (Å²) in [5.74, 6) is 1.43. The van der Waals surface area contributed by atoms with Gasteiger partial charge in [-0.05, 0) is 44.7 Å². The summed E-state index contributed by atoms with van der Waals surface area (Å²) in [6, 6.07) is 3.92. The Morgan fingerprint density at radius 1 is 1.42 bits per heavy atom. The first-order valence-corrected chi connectivity index (χ1v) is 7.21. The monoisotopic (exact) mass is 261 g/mol. The summed E-state index contributed by atoms with van der Waals surface area (Å²) in [5, 5.41) is 6.21. The van der Waals surface area contributed by atoms with Gasteiger partial charge in [0.25, 0.3) is 5.91 Å². The molecule has 0 saturated heterocycles. The molecule has 2 N–H and O–H groups in total. The van der Waals surface area contributed by atoms with Gasteiger partial charge < -0.3 is 10.6 Å². The maximum absolute atomic E-state index is 12.1.